The molecule has 1 heterocycles. The average molecular weight is 247 g/mol. The summed E-state index contributed by atoms with van der Waals surface area (Å²) in [5, 5.41) is 3.60. The summed E-state index contributed by atoms with van der Waals surface area (Å²) in [7, 11) is 0. The Kier molecular flexibility index (Phi) is 4.48. The highest BCUT2D eigenvalue weighted by atomic mass is 15.1. The number of anilines is 2. The molecule has 0 atom stereocenters. The van der Waals surface area contributed by atoms with Crippen LogP contribution in [0.5, 0.6) is 0 Å². The van der Waals surface area contributed by atoms with E-state index in [-0.39, 0.29) is 0 Å². The molecule has 18 heavy (non-hydrogen) atoms. The summed E-state index contributed by atoms with van der Waals surface area (Å²) in [5.74, 6) is 0.770. The van der Waals surface area contributed by atoms with Crippen LogP contribution < -0.4 is 11.1 Å². The van der Waals surface area contributed by atoms with Crippen molar-refractivity contribution >= 4 is 11.4 Å². The summed E-state index contributed by atoms with van der Waals surface area (Å²) in [6.07, 6.45) is 2.47. The zero-order valence-corrected chi connectivity index (χ0v) is 11.5. The van der Waals surface area contributed by atoms with Crippen LogP contribution in [0.2, 0.25) is 0 Å². The number of nitrogens with two attached hydrogens (primary N) is 1. The fraction of sp³-hybridized carbons (Fsp3) is 0.600. The van der Waals surface area contributed by atoms with E-state index < -0.39 is 0 Å². The van der Waals surface area contributed by atoms with Gasteiger partial charge < -0.3 is 16.0 Å². The van der Waals surface area contributed by atoms with E-state index in [4.69, 9.17) is 5.73 Å². The normalized spacial score (nSPS) is 18.2. The molecule has 1 aromatic carbocycles. The van der Waals surface area contributed by atoms with Crippen molar-refractivity contribution in [2.45, 2.75) is 32.7 Å². The van der Waals surface area contributed by atoms with Crippen molar-refractivity contribution in [3.63, 3.8) is 0 Å². The number of nitrogen functional groups attached to an aromatic ring is 1. The molecular weight excluding hydrogens is 222 g/mol. The van der Waals surface area contributed by atoms with E-state index in [1.54, 1.807) is 0 Å². The lowest BCUT2D eigenvalue weighted by Crippen LogP contribution is -2.40. The minimum absolute atomic E-state index is 0.608. The van der Waals surface area contributed by atoms with E-state index in [2.05, 4.69) is 36.2 Å². The molecule has 0 unspecified atom stereocenters. The number of hydrogen-bond donors (Lipinski definition) is 2. The van der Waals surface area contributed by atoms with Gasteiger partial charge in [-0.2, -0.15) is 0 Å². The second-order valence-electron chi connectivity index (χ2n) is 5.74. The van der Waals surface area contributed by atoms with Crippen LogP contribution in [-0.4, -0.2) is 30.6 Å². The smallest absolute Gasteiger partial charge is 0.0343 e. The largest absolute Gasteiger partial charge is 0.399 e. The van der Waals surface area contributed by atoms with Gasteiger partial charge in [0.05, 0.1) is 0 Å². The Morgan fingerprint density at radius 2 is 1.83 bits per heavy atom. The molecule has 1 aliphatic rings. The molecule has 0 amide bonds. The molecule has 2 rings (SSSR count). The number of rotatable bonds is 4. The third kappa shape index (κ3) is 3.91. The van der Waals surface area contributed by atoms with Crippen molar-refractivity contribution in [3.05, 3.63) is 24.3 Å². The van der Waals surface area contributed by atoms with Gasteiger partial charge in [0, 0.05) is 37.1 Å². The first kappa shape index (κ1) is 13.2. The van der Waals surface area contributed by atoms with Gasteiger partial charge in [0.25, 0.3) is 0 Å². The number of likely N-dealkylation sites (tertiary alicyclic amines) is 1. The lowest BCUT2D eigenvalue weighted by molar-refractivity contribution is 0.198. The molecule has 3 nitrogen and oxygen atoms in total. The molecular formula is C15H25N3. The van der Waals surface area contributed by atoms with Gasteiger partial charge in [-0.15, -0.1) is 0 Å². The van der Waals surface area contributed by atoms with E-state index >= 15 is 0 Å². The average Bonchev–Trinajstić information content (AvgIpc) is 2.34. The van der Waals surface area contributed by atoms with E-state index in [0.717, 1.165) is 11.6 Å². The summed E-state index contributed by atoms with van der Waals surface area (Å²) >= 11 is 0. The van der Waals surface area contributed by atoms with Crippen molar-refractivity contribution in [1.29, 1.82) is 0 Å². The Hall–Kier alpha value is -1.22. The molecule has 0 aliphatic carbocycles. The van der Waals surface area contributed by atoms with Crippen LogP contribution in [0.4, 0.5) is 11.4 Å². The van der Waals surface area contributed by atoms with Crippen LogP contribution >= 0.6 is 0 Å². The first-order valence-corrected chi connectivity index (χ1v) is 6.98. The van der Waals surface area contributed by atoms with Crippen molar-refractivity contribution < 1.29 is 0 Å². The zero-order chi connectivity index (χ0) is 13.0. The summed E-state index contributed by atoms with van der Waals surface area (Å²) in [5.41, 5.74) is 7.70. The maximum absolute atomic E-state index is 5.69. The molecule has 1 fully saturated rings. The molecule has 1 aromatic rings. The number of benzene rings is 1. The second-order valence-corrected chi connectivity index (χ2v) is 5.74. The summed E-state index contributed by atoms with van der Waals surface area (Å²) in [6, 6.07) is 8.65. The fourth-order valence-electron chi connectivity index (χ4n) is 2.59. The predicted molar refractivity (Wildman–Crippen MR) is 78.8 cm³/mol. The highest BCUT2D eigenvalue weighted by Gasteiger charge is 2.19. The first-order valence-electron chi connectivity index (χ1n) is 6.98. The summed E-state index contributed by atoms with van der Waals surface area (Å²) < 4.78 is 0. The summed E-state index contributed by atoms with van der Waals surface area (Å²) in [4.78, 5) is 2.58. The molecule has 0 radical (unpaired) electrons. The SMILES string of the molecule is CC(C)CN1CCC(Nc2ccc(N)cc2)CC1. The van der Waals surface area contributed by atoms with Gasteiger partial charge in [-0.3, -0.25) is 0 Å². The molecule has 1 aliphatic heterocycles. The van der Waals surface area contributed by atoms with Crippen molar-refractivity contribution in [2.24, 2.45) is 5.92 Å². The van der Waals surface area contributed by atoms with Gasteiger partial charge in [-0.05, 0) is 43.0 Å². The van der Waals surface area contributed by atoms with Gasteiger partial charge in [0.15, 0.2) is 0 Å². The number of piperidine rings is 1. The van der Waals surface area contributed by atoms with Crippen LogP contribution in [0.3, 0.4) is 0 Å². The van der Waals surface area contributed by atoms with Gasteiger partial charge >= 0.3 is 0 Å². The Morgan fingerprint density at radius 3 is 2.39 bits per heavy atom. The van der Waals surface area contributed by atoms with Gasteiger partial charge in [0.1, 0.15) is 0 Å². The van der Waals surface area contributed by atoms with E-state index in [1.807, 2.05) is 12.1 Å². The predicted octanol–water partition coefficient (Wildman–Crippen LogP) is 2.80. The first-order chi connectivity index (χ1) is 8.63. The van der Waals surface area contributed by atoms with Crippen LogP contribution in [0, 0.1) is 5.92 Å². The molecule has 3 heteroatoms. The maximum Gasteiger partial charge on any atom is 0.0343 e. The van der Waals surface area contributed by atoms with E-state index in [1.165, 1.54) is 38.2 Å². The Balaban J connectivity index is 1.78. The Labute approximate surface area is 110 Å². The molecule has 100 valence electrons. The number of nitrogens with zero attached hydrogens (tertiary/aromatic N) is 1. The monoisotopic (exact) mass is 247 g/mol. The third-order valence-corrected chi connectivity index (χ3v) is 3.49. The highest BCUT2D eigenvalue weighted by Crippen LogP contribution is 2.18. The van der Waals surface area contributed by atoms with Crippen LogP contribution in [-0.2, 0) is 0 Å². The minimum Gasteiger partial charge on any atom is -0.399 e. The van der Waals surface area contributed by atoms with Crippen LogP contribution in [0.25, 0.3) is 0 Å². The number of hydrogen-bond acceptors (Lipinski definition) is 3. The Bertz CT molecular complexity index is 351. The van der Waals surface area contributed by atoms with Crippen molar-refractivity contribution in [2.75, 3.05) is 30.7 Å². The van der Waals surface area contributed by atoms with Gasteiger partial charge in [-0.1, -0.05) is 13.8 Å². The van der Waals surface area contributed by atoms with Crippen molar-refractivity contribution in [1.82, 2.24) is 4.90 Å². The molecule has 0 bridgehead atoms. The van der Waals surface area contributed by atoms with Gasteiger partial charge in [0.2, 0.25) is 0 Å². The quantitative estimate of drug-likeness (QED) is 0.804. The zero-order valence-electron chi connectivity index (χ0n) is 11.5. The number of nitrogens with one attached hydrogen (secondary N) is 1. The molecule has 0 saturated carbocycles. The van der Waals surface area contributed by atoms with Crippen LogP contribution in [0.1, 0.15) is 26.7 Å². The second kappa shape index (κ2) is 6.10. The highest BCUT2D eigenvalue weighted by molar-refractivity contribution is 5.51. The maximum atomic E-state index is 5.69. The minimum atomic E-state index is 0.608. The topological polar surface area (TPSA) is 41.3 Å². The van der Waals surface area contributed by atoms with E-state index in [9.17, 15) is 0 Å². The lowest BCUT2D eigenvalue weighted by atomic mass is 10.0. The summed E-state index contributed by atoms with van der Waals surface area (Å²) in [6.45, 7) is 8.24. The molecule has 0 spiro atoms. The van der Waals surface area contributed by atoms with Crippen molar-refractivity contribution in [3.8, 4) is 0 Å². The fourth-order valence-corrected chi connectivity index (χ4v) is 2.59. The standard InChI is InChI=1S/C15H25N3/c1-12(2)11-18-9-7-15(8-10-18)17-14-5-3-13(16)4-6-14/h3-6,12,15,17H,7-11,16H2,1-2H3. The Morgan fingerprint density at radius 1 is 1.22 bits per heavy atom. The van der Waals surface area contributed by atoms with Gasteiger partial charge in [-0.25, -0.2) is 0 Å². The molecule has 3 N–H and O–H groups in total. The molecule has 0 aromatic heterocycles. The molecule has 1 saturated heterocycles. The van der Waals surface area contributed by atoms with E-state index in [0.29, 0.717) is 6.04 Å². The lowest BCUT2D eigenvalue weighted by Gasteiger charge is -2.33. The van der Waals surface area contributed by atoms with Crippen LogP contribution in [0.15, 0.2) is 24.3 Å². The third-order valence-electron chi connectivity index (χ3n) is 3.49.